The minimum absolute atomic E-state index is 0.606. The van der Waals surface area contributed by atoms with Crippen molar-refractivity contribution in [1.82, 2.24) is 0 Å². The van der Waals surface area contributed by atoms with E-state index in [-0.39, 0.29) is 0 Å². The molecule has 1 aliphatic rings. The summed E-state index contributed by atoms with van der Waals surface area (Å²) in [7, 11) is -1.24. The predicted octanol–water partition coefficient (Wildman–Crippen LogP) is 4.07. The lowest BCUT2D eigenvalue weighted by molar-refractivity contribution is 0.606. The van der Waals surface area contributed by atoms with Crippen molar-refractivity contribution in [2.75, 3.05) is 0 Å². The molecule has 0 amide bonds. The van der Waals surface area contributed by atoms with Gasteiger partial charge in [0, 0.05) is 0 Å². The maximum Gasteiger partial charge on any atom is 0.334 e. The van der Waals surface area contributed by atoms with Crippen molar-refractivity contribution in [3.63, 3.8) is 0 Å². The van der Waals surface area contributed by atoms with Crippen LogP contribution < -0.4 is 10.0 Å². The minimum Gasteiger partial charge on any atom is -0.430 e. The van der Waals surface area contributed by atoms with Crippen LogP contribution in [0.15, 0.2) is 43.9 Å². The van der Waals surface area contributed by atoms with Gasteiger partial charge in [0.15, 0.2) is 17.0 Å². The summed E-state index contributed by atoms with van der Waals surface area (Å²) in [6.45, 7) is 0. The fraction of sp³-hybridized carbons (Fsp3) is 0. The average molecular weight is 244 g/mol. The van der Waals surface area contributed by atoms with Crippen LogP contribution in [0.4, 0.5) is 0 Å². The maximum absolute atomic E-state index is 5.87. The molecule has 8 heteroatoms. The van der Waals surface area contributed by atoms with E-state index in [9.17, 15) is 0 Å². The molecule has 1 aromatic rings. The highest BCUT2D eigenvalue weighted by atomic mass is 31.2. The van der Waals surface area contributed by atoms with Crippen LogP contribution in [0.2, 0.25) is 0 Å². The van der Waals surface area contributed by atoms with Crippen LogP contribution >= 0.6 is 24.6 Å². The molecular weight excluding hydrogens is 237 g/mol. The first-order valence-electron chi connectivity index (χ1n) is 3.76. The standard InChI is InChI=1S/C6H7N4OP3/c7-14(9-12-8-13-10-14)11-6-4-2-1-3-5-6/h1-5H,7H2. The van der Waals surface area contributed by atoms with Crippen LogP contribution in [0.1, 0.15) is 0 Å². The van der Waals surface area contributed by atoms with Crippen LogP contribution in [0.25, 0.3) is 0 Å². The predicted molar refractivity (Wildman–Crippen MR) is 59.3 cm³/mol. The number of benzene rings is 1. The molecule has 72 valence electrons. The van der Waals surface area contributed by atoms with E-state index >= 15 is 0 Å². The highest BCUT2D eigenvalue weighted by Gasteiger charge is 2.15. The Hall–Kier alpha value is -0.590. The summed E-state index contributed by atoms with van der Waals surface area (Å²) in [5.41, 5.74) is 5.87. The molecule has 0 fully saturated rings. The molecule has 0 aliphatic carbocycles. The van der Waals surface area contributed by atoms with Gasteiger partial charge >= 0.3 is 7.58 Å². The normalized spacial score (nSPS) is 26.6. The Morgan fingerprint density at radius 3 is 2.64 bits per heavy atom. The van der Waals surface area contributed by atoms with Crippen molar-refractivity contribution in [3.05, 3.63) is 30.3 Å². The lowest BCUT2D eigenvalue weighted by Crippen LogP contribution is -1.98. The van der Waals surface area contributed by atoms with Gasteiger partial charge in [-0.25, -0.2) is 5.50 Å². The molecule has 2 rings (SSSR count). The first kappa shape index (κ1) is 9.95. The van der Waals surface area contributed by atoms with Crippen LogP contribution in [-0.4, -0.2) is 0 Å². The quantitative estimate of drug-likeness (QED) is 0.796. The Kier molecular flexibility index (Phi) is 3.05. The first-order chi connectivity index (χ1) is 6.79. The summed E-state index contributed by atoms with van der Waals surface area (Å²) in [4.78, 5) is 0. The molecule has 0 saturated carbocycles. The summed E-state index contributed by atoms with van der Waals surface area (Å²) in [5, 5.41) is 0. The Labute approximate surface area is 84.8 Å². The minimum atomic E-state index is -2.45. The van der Waals surface area contributed by atoms with E-state index < -0.39 is 7.58 Å². The van der Waals surface area contributed by atoms with Gasteiger partial charge in [-0.2, -0.15) is 13.5 Å². The monoisotopic (exact) mass is 244 g/mol. The number of nitrogens with zero attached hydrogens (tertiary/aromatic N) is 3. The molecule has 0 spiro atoms. The largest absolute Gasteiger partial charge is 0.430 e. The lowest BCUT2D eigenvalue weighted by Gasteiger charge is -2.14. The van der Waals surface area contributed by atoms with Crippen LogP contribution in [0, 0.1) is 0 Å². The van der Waals surface area contributed by atoms with Gasteiger partial charge in [-0.3, -0.25) is 0 Å². The highest BCUT2D eigenvalue weighted by molar-refractivity contribution is 7.67. The molecule has 1 aliphatic heterocycles. The summed E-state index contributed by atoms with van der Waals surface area (Å²) in [6.07, 6.45) is 0. The second kappa shape index (κ2) is 4.29. The van der Waals surface area contributed by atoms with Gasteiger partial charge in [-0.15, -0.1) is 0 Å². The summed E-state index contributed by atoms with van der Waals surface area (Å²) in [5.74, 6) is 0.697. The van der Waals surface area contributed by atoms with E-state index in [4.69, 9.17) is 10.0 Å². The van der Waals surface area contributed by atoms with Gasteiger partial charge in [-0.1, -0.05) is 18.2 Å². The number of rotatable bonds is 2. The Morgan fingerprint density at radius 1 is 1.21 bits per heavy atom. The second-order valence-corrected chi connectivity index (χ2v) is 6.31. The topological polar surface area (TPSA) is 72.3 Å². The molecule has 0 bridgehead atoms. The van der Waals surface area contributed by atoms with E-state index in [0.29, 0.717) is 22.8 Å². The molecule has 0 aromatic heterocycles. The number of nitrogens with two attached hydrogens (primary N) is 1. The molecule has 2 N–H and O–H groups in total. The van der Waals surface area contributed by atoms with E-state index in [2.05, 4.69) is 13.5 Å². The van der Waals surface area contributed by atoms with Crippen LogP contribution in [-0.2, 0) is 0 Å². The zero-order valence-electron chi connectivity index (χ0n) is 7.06. The van der Waals surface area contributed by atoms with Crippen LogP contribution in [0.5, 0.6) is 5.75 Å². The Bertz CT molecular complexity index is 430. The van der Waals surface area contributed by atoms with Gasteiger partial charge in [0.25, 0.3) is 0 Å². The fourth-order valence-corrected chi connectivity index (χ4v) is 4.04. The van der Waals surface area contributed by atoms with Crippen molar-refractivity contribution in [2.24, 2.45) is 19.1 Å². The number of hydrogen-bond acceptors (Lipinski definition) is 5. The zero-order chi connectivity index (χ0) is 9.86. The molecule has 1 unspecified atom stereocenters. The molecule has 14 heavy (non-hydrogen) atoms. The third-order valence-corrected chi connectivity index (χ3v) is 5.21. The second-order valence-electron chi connectivity index (χ2n) is 2.44. The highest BCUT2D eigenvalue weighted by Crippen LogP contribution is 2.52. The molecule has 1 atom stereocenters. The van der Waals surface area contributed by atoms with Gasteiger partial charge in [-0.05, 0) is 12.1 Å². The van der Waals surface area contributed by atoms with E-state index in [0.717, 1.165) is 0 Å². The van der Waals surface area contributed by atoms with Crippen molar-refractivity contribution in [1.29, 1.82) is 0 Å². The van der Waals surface area contributed by atoms with Crippen molar-refractivity contribution >= 4 is 24.6 Å². The van der Waals surface area contributed by atoms with E-state index in [1.165, 1.54) is 0 Å². The number of hydrogen-bond donors (Lipinski definition) is 1. The van der Waals surface area contributed by atoms with Gasteiger partial charge < -0.3 is 4.52 Å². The van der Waals surface area contributed by atoms with Gasteiger partial charge in [0.1, 0.15) is 5.75 Å². The molecule has 0 radical (unpaired) electrons. The summed E-state index contributed by atoms with van der Waals surface area (Å²) in [6, 6.07) is 9.34. The molecule has 5 nitrogen and oxygen atoms in total. The summed E-state index contributed by atoms with van der Waals surface area (Å²) >= 11 is 0. The molecule has 0 saturated heterocycles. The summed E-state index contributed by atoms with van der Waals surface area (Å²) < 4.78 is 17.5. The third kappa shape index (κ3) is 2.46. The third-order valence-electron chi connectivity index (χ3n) is 1.40. The maximum atomic E-state index is 5.87. The lowest BCUT2D eigenvalue weighted by atomic mass is 10.3. The fourth-order valence-electron chi connectivity index (χ4n) is 0.859. The Balaban J connectivity index is 2.23. The van der Waals surface area contributed by atoms with Crippen molar-refractivity contribution in [2.45, 2.75) is 0 Å². The van der Waals surface area contributed by atoms with Crippen molar-refractivity contribution in [3.8, 4) is 5.75 Å². The molecule has 1 heterocycles. The Morgan fingerprint density at radius 2 is 2.00 bits per heavy atom. The van der Waals surface area contributed by atoms with E-state index in [1.54, 1.807) is 0 Å². The van der Waals surface area contributed by atoms with Crippen molar-refractivity contribution < 1.29 is 4.52 Å². The van der Waals surface area contributed by atoms with Gasteiger partial charge in [0.2, 0.25) is 0 Å². The smallest absolute Gasteiger partial charge is 0.334 e. The molecular formula is C6H7N4OP3. The van der Waals surface area contributed by atoms with E-state index in [1.807, 2.05) is 30.3 Å². The average Bonchev–Trinajstić information content (AvgIpc) is 2.19. The number of para-hydroxylation sites is 1. The van der Waals surface area contributed by atoms with Crippen LogP contribution in [0.3, 0.4) is 0 Å². The zero-order valence-corrected chi connectivity index (χ0v) is 9.74. The first-order valence-corrected chi connectivity index (χ1v) is 7.04. The molecule has 1 aromatic carbocycles. The van der Waals surface area contributed by atoms with Gasteiger partial charge in [0.05, 0.1) is 0 Å². The SMILES string of the molecule is NP1(Oc2ccccc2)=NP=NP=N1.